The zero-order valence-corrected chi connectivity index (χ0v) is 17.0. The number of ether oxygens (including phenoxy) is 1. The van der Waals surface area contributed by atoms with E-state index >= 15 is 0 Å². The summed E-state index contributed by atoms with van der Waals surface area (Å²) in [6.07, 6.45) is 3.94. The average Bonchev–Trinajstić information content (AvgIpc) is 3.18. The Hall–Kier alpha value is -4.13. The minimum Gasteiger partial charge on any atom is -0.487 e. The quantitative estimate of drug-likeness (QED) is 0.485. The predicted octanol–water partition coefficient (Wildman–Crippen LogP) is 3.18. The van der Waals surface area contributed by atoms with Crippen LogP contribution in [0.2, 0.25) is 0 Å². The molecule has 31 heavy (non-hydrogen) atoms. The molecular formula is C24H22N4O3. The highest BCUT2D eigenvalue weighted by Crippen LogP contribution is 2.17. The third kappa shape index (κ3) is 4.72. The summed E-state index contributed by atoms with van der Waals surface area (Å²) in [6, 6.07) is 18.6. The number of hydrogen-bond donors (Lipinski definition) is 2. The molecule has 1 unspecified atom stereocenters. The van der Waals surface area contributed by atoms with Crippen LogP contribution in [0, 0.1) is 6.92 Å². The smallest absolute Gasteiger partial charge is 0.252 e. The number of aromatic nitrogens is 2. The van der Waals surface area contributed by atoms with Crippen LogP contribution in [-0.4, -0.2) is 21.2 Å². The first-order valence-corrected chi connectivity index (χ1v) is 9.82. The van der Waals surface area contributed by atoms with Crippen LogP contribution >= 0.6 is 0 Å². The summed E-state index contributed by atoms with van der Waals surface area (Å²) in [5.41, 5.74) is 9.32. The number of rotatable bonds is 7. The number of pyridine rings is 1. The molecule has 0 aliphatic rings. The summed E-state index contributed by atoms with van der Waals surface area (Å²) in [4.78, 5) is 28.9. The molecule has 0 fully saturated rings. The summed E-state index contributed by atoms with van der Waals surface area (Å²) in [6.45, 7) is 2.34. The zero-order valence-electron chi connectivity index (χ0n) is 17.0. The average molecular weight is 414 g/mol. The molecule has 4 aromatic rings. The van der Waals surface area contributed by atoms with Gasteiger partial charge in [0.05, 0.1) is 5.69 Å². The number of primary amides is 1. The molecule has 2 amide bonds. The third-order valence-corrected chi connectivity index (χ3v) is 4.84. The Morgan fingerprint density at radius 1 is 1.03 bits per heavy atom. The molecule has 2 heterocycles. The van der Waals surface area contributed by atoms with Gasteiger partial charge in [0.2, 0.25) is 5.91 Å². The highest BCUT2D eigenvalue weighted by molar-refractivity contribution is 5.97. The molecule has 156 valence electrons. The second kappa shape index (κ2) is 8.71. The van der Waals surface area contributed by atoms with Crippen molar-refractivity contribution in [2.45, 2.75) is 19.6 Å². The molecule has 1 atom stereocenters. The Balaban J connectivity index is 1.39. The van der Waals surface area contributed by atoms with E-state index in [1.807, 2.05) is 41.9 Å². The first kappa shape index (κ1) is 20.2. The predicted molar refractivity (Wildman–Crippen MR) is 117 cm³/mol. The van der Waals surface area contributed by atoms with Crippen molar-refractivity contribution in [1.82, 2.24) is 14.7 Å². The van der Waals surface area contributed by atoms with Gasteiger partial charge in [0.1, 0.15) is 24.0 Å². The van der Waals surface area contributed by atoms with Crippen molar-refractivity contribution in [3.8, 4) is 5.75 Å². The van der Waals surface area contributed by atoms with Crippen molar-refractivity contribution >= 4 is 17.5 Å². The molecule has 0 spiro atoms. The fraction of sp³-hybridized carbons (Fsp3) is 0.125. The van der Waals surface area contributed by atoms with Crippen LogP contribution in [0.3, 0.4) is 0 Å². The molecule has 0 radical (unpaired) electrons. The first-order chi connectivity index (χ1) is 15.0. The highest BCUT2D eigenvalue weighted by Gasteiger charge is 2.20. The summed E-state index contributed by atoms with van der Waals surface area (Å²) in [5.74, 6) is -0.406. The Morgan fingerprint density at radius 3 is 2.48 bits per heavy atom. The number of carbonyl (C=O) groups is 2. The summed E-state index contributed by atoms with van der Waals surface area (Å²) < 4.78 is 7.76. The van der Waals surface area contributed by atoms with Crippen molar-refractivity contribution in [2.24, 2.45) is 5.73 Å². The number of aryl methyl sites for hydroxylation is 1. The van der Waals surface area contributed by atoms with Crippen molar-refractivity contribution in [3.63, 3.8) is 0 Å². The number of benzene rings is 2. The van der Waals surface area contributed by atoms with Crippen LogP contribution in [0.5, 0.6) is 5.75 Å². The molecule has 2 aromatic carbocycles. The number of amides is 2. The van der Waals surface area contributed by atoms with Gasteiger partial charge >= 0.3 is 0 Å². The van der Waals surface area contributed by atoms with Crippen LogP contribution in [-0.2, 0) is 11.4 Å². The molecule has 0 aliphatic carbocycles. The van der Waals surface area contributed by atoms with E-state index in [4.69, 9.17) is 10.5 Å². The van der Waals surface area contributed by atoms with Gasteiger partial charge in [-0.1, -0.05) is 36.4 Å². The third-order valence-electron chi connectivity index (χ3n) is 4.84. The summed E-state index contributed by atoms with van der Waals surface area (Å²) in [7, 11) is 0. The van der Waals surface area contributed by atoms with E-state index in [-0.39, 0.29) is 0 Å². The standard InChI is InChI=1S/C24H22N4O3/c1-16-7-12-21-26-19(14-28(21)13-16)15-31-20-10-8-18(9-11-20)24(30)27-22(23(25)29)17-5-3-2-4-6-17/h2-14,22H,15H2,1H3,(H2,25,29)(H,27,30). The molecule has 3 N–H and O–H groups in total. The van der Waals surface area contributed by atoms with E-state index in [0.29, 0.717) is 23.5 Å². The normalized spacial score (nSPS) is 11.8. The maximum absolute atomic E-state index is 12.6. The van der Waals surface area contributed by atoms with Gasteiger partial charge in [-0.25, -0.2) is 4.98 Å². The molecular weight excluding hydrogens is 392 g/mol. The number of imidazole rings is 1. The number of nitrogens with two attached hydrogens (primary N) is 1. The molecule has 0 saturated carbocycles. The van der Waals surface area contributed by atoms with Crippen LogP contribution in [0.25, 0.3) is 5.65 Å². The van der Waals surface area contributed by atoms with Gasteiger partial charge in [-0.3, -0.25) is 9.59 Å². The second-order valence-electron chi connectivity index (χ2n) is 7.24. The second-order valence-corrected chi connectivity index (χ2v) is 7.24. The van der Waals surface area contributed by atoms with Crippen LogP contribution in [0.15, 0.2) is 79.1 Å². The van der Waals surface area contributed by atoms with Crippen LogP contribution in [0.1, 0.15) is 33.2 Å². The number of hydrogen-bond acceptors (Lipinski definition) is 4. The largest absolute Gasteiger partial charge is 0.487 e. The zero-order chi connectivity index (χ0) is 21.8. The minimum absolute atomic E-state index is 0.310. The summed E-state index contributed by atoms with van der Waals surface area (Å²) in [5, 5.41) is 2.68. The Kier molecular flexibility index (Phi) is 5.66. The van der Waals surface area contributed by atoms with E-state index in [1.54, 1.807) is 48.5 Å². The fourth-order valence-corrected chi connectivity index (χ4v) is 3.26. The monoisotopic (exact) mass is 414 g/mol. The molecule has 2 aromatic heterocycles. The fourth-order valence-electron chi connectivity index (χ4n) is 3.26. The lowest BCUT2D eigenvalue weighted by molar-refractivity contribution is -0.120. The van der Waals surface area contributed by atoms with Gasteiger partial charge in [0.25, 0.3) is 5.91 Å². The SMILES string of the molecule is Cc1ccc2nc(COc3ccc(C(=O)NC(C(N)=O)c4ccccc4)cc3)cn2c1. The van der Waals surface area contributed by atoms with Gasteiger partial charge in [0.15, 0.2) is 0 Å². The lowest BCUT2D eigenvalue weighted by Gasteiger charge is -2.16. The number of nitrogens with one attached hydrogen (secondary N) is 1. The van der Waals surface area contributed by atoms with Gasteiger partial charge in [0, 0.05) is 18.0 Å². The maximum Gasteiger partial charge on any atom is 0.252 e. The Morgan fingerprint density at radius 2 is 1.77 bits per heavy atom. The lowest BCUT2D eigenvalue weighted by Crippen LogP contribution is -2.37. The summed E-state index contributed by atoms with van der Waals surface area (Å²) >= 11 is 0. The Bertz CT molecular complexity index is 1220. The molecule has 7 nitrogen and oxygen atoms in total. The van der Waals surface area contributed by atoms with Crippen molar-refractivity contribution < 1.29 is 14.3 Å². The lowest BCUT2D eigenvalue weighted by atomic mass is 10.1. The van der Waals surface area contributed by atoms with E-state index < -0.39 is 17.9 Å². The number of nitrogens with zero attached hydrogens (tertiary/aromatic N) is 2. The Labute approximate surface area is 179 Å². The molecule has 7 heteroatoms. The van der Waals surface area contributed by atoms with E-state index in [0.717, 1.165) is 16.9 Å². The van der Waals surface area contributed by atoms with Gasteiger partial charge in [-0.15, -0.1) is 0 Å². The molecule has 4 rings (SSSR count). The molecule has 0 saturated heterocycles. The number of fused-ring (bicyclic) bond motifs is 1. The molecule has 0 bridgehead atoms. The van der Waals surface area contributed by atoms with E-state index in [1.165, 1.54) is 0 Å². The van der Waals surface area contributed by atoms with Crippen molar-refractivity contribution in [1.29, 1.82) is 0 Å². The van der Waals surface area contributed by atoms with Gasteiger partial charge in [-0.05, 0) is 48.4 Å². The van der Waals surface area contributed by atoms with Crippen LogP contribution < -0.4 is 15.8 Å². The van der Waals surface area contributed by atoms with E-state index in [2.05, 4.69) is 10.3 Å². The first-order valence-electron chi connectivity index (χ1n) is 9.82. The van der Waals surface area contributed by atoms with Gasteiger partial charge < -0.3 is 20.2 Å². The van der Waals surface area contributed by atoms with E-state index in [9.17, 15) is 9.59 Å². The van der Waals surface area contributed by atoms with Crippen molar-refractivity contribution in [2.75, 3.05) is 0 Å². The van der Waals surface area contributed by atoms with Gasteiger partial charge in [-0.2, -0.15) is 0 Å². The van der Waals surface area contributed by atoms with Crippen molar-refractivity contribution in [3.05, 3.63) is 102 Å². The molecule has 0 aliphatic heterocycles. The maximum atomic E-state index is 12.6. The highest BCUT2D eigenvalue weighted by atomic mass is 16.5. The number of carbonyl (C=O) groups excluding carboxylic acids is 2. The topological polar surface area (TPSA) is 98.7 Å². The van der Waals surface area contributed by atoms with Crippen LogP contribution in [0.4, 0.5) is 0 Å². The minimum atomic E-state index is -0.900.